The number of carbonyl (C=O) groups is 1. The van der Waals surface area contributed by atoms with E-state index in [2.05, 4.69) is 20.6 Å². The van der Waals surface area contributed by atoms with E-state index >= 15 is 0 Å². The van der Waals surface area contributed by atoms with Gasteiger partial charge >= 0.3 is 6.03 Å². The molecule has 2 heterocycles. The Morgan fingerprint density at radius 1 is 1.29 bits per heavy atom. The van der Waals surface area contributed by atoms with Crippen LogP contribution in [0.15, 0.2) is 30.3 Å². The minimum absolute atomic E-state index is 0.275. The molecule has 0 aliphatic carbocycles. The van der Waals surface area contributed by atoms with Gasteiger partial charge in [-0.05, 0) is 24.3 Å². The molecule has 110 valence electrons. The van der Waals surface area contributed by atoms with E-state index in [-0.39, 0.29) is 6.03 Å². The zero-order valence-electron chi connectivity index (χ0n) is 12.0. The molecule has 1 aliphatic heterocycles. The molecule has 2 aromatic rings. The van der Waals surface area contributed by atoms with Crippen LogP contribution in [0.4, 0.5) is 22.1 Å². The fourth-order valence-corrected chi connectivity index (χ4v) is 2.36. The van der Waals surface area contributed by atoms with Crippen LogP contribution in [-0.4, -0.2) is 36.5 Å². The molecule has 0 fully saturated rings. The molecular formula is C14H17N5O2. The molecule has 1 aromatic carbocycles. The lowest BCUT2D eigenvalue weighted by molar-refractivity contribution is 0.254. The molecule has 0 bridgehead atoms. The molecule has 0 radical (unpaired) electrons. The molecule has 0 atom stereocenters. The Hall–Kier alpha value is -2.70. The van der Waals surface area contributed by atoms with Crippen molar-refractivity contribution in [3.63, 3.8) is 0 Å². The smallest absolute Gasteiger partial charge is 0.320 e. The highest BCUT2D eigenvalue weighted by atomic mass is 16.5. The summed E-state index contributed by atoms with van der Waals surface area (Å²) in [5.74, 6) is 2.34. The number of hydrogen-bond donors (Lipinski definition) is 2. The number of nitrogens with one attached hydrogen (secondary N) is 2. The van der Waals surface area contributed by atoms with Gasteiger partial charge in [-0.1, -0.05) is 0 Å². The van der Waals surface area contributed by atoms with Gasteiger partial charge in [0.1, 0.15) is 11.6 Å². The van der Waals surface area contributed by atoms with Crippen molar-refractivity contribution in [2.24, 2.45) is 0 Å². The van der Waals surface area contributed by atoms with Gasteiger partial charge in [-0.3, -0.25) is 5.32 Å². The third-order valence-corrected chi connectivity index (χ3v) is 3.42. The van der Waals surface area contributed by atoms with Crippen LogP contribution in [-0.2, 0) is 6.54 Å². The van der Waals surface area contributed by atoms with Crippen molar-refractivity contribution in [2.75, 3.05) is 30.9 Å². The number of carbonyl (C=O) groups excluding carboxylic acids is 1. The standard InChI is InChI=1S/C14H17N5O2/c1-15-14(20)16-12-9-13-18(7-8-19(13)17-12)10-3-5-11(21-2)6-4-10/h3-6,9H,7-8H2,1-2H3,(H2,15,16,17,20). The van der Waals surface area contributed by atoms with Crippen LogP contribution >= 0.6 is 0 Å². The van der Waals surface area contributed by atoms with Gasteiger partial charge in [0.2, 0.25) is 0 Å². The molecule has 1 aromatic heterocycles. The Bertz CT molecular complexity index is 650. The second-order valence-corrected chi connectivity index (χ2v) is 4.66. The average Bonchev–Trinajstić information content (AvgIpc) is 3.07. The number of rotatable bonds is 3. The van der Waals surface area contributed by atoms with E-state index in [1.165, 1.54) is 0 Å². The maximum Gasteiger partial charge on any atom is 0.320 e. The van der Waals surface area contributed by atoms with Gasteiger partial charge < -0.3 is 15.0 Å². The van der Waals surface area contributed by atoms with Crippen LogP contribution in [0.3, 0.4) is 0 Å². The van der Waals surface area contributed by atoms with Gasteiger partial charge in [-0.25, -0.2) is 9.48 Å². The van der Waals surface area contributed by atoms with E-state index in [1.807, 2.05) is 35.0 Å². The van der Waals surface area contributed by atoms with Gasteiger partial charge in [-0.2, -0.15) is 5.10 Å². The summed E-state index contributed by atoms with van der Waals surface area (Å²) >= 11 is 0. The molecule has 7 heteroatoms. The summed E-state index contributed by atoms with van der Waals surface area (Å²) in [6, 6.07) is 9.46. The summed E-state index contributed by atoms with van der Waals surface area (Å²) in [5.41, 5.74) is 1.07. The van der Waals surface area contributed by atoms with Crippen LogP contribution in [0.5, 0.6) is 5.75 Å². The summed E-state index contributed by atoms with van der Waals surface area (Å²) in [6.07, 6.45) is 0. The first-order chi connectivity index (χ1) is 10.2. The Kier molecular flexibility index (Phi) is 3.39. The number of hydrogen-bond acceptors (Lipinski definition) is 4. The van der Waals surface area contributed by atoms with Crippen molar-refractivity contribution in [3.8, 4) is 5.75 Å². The van der Waals surface area contributed by atoms with E-state index in [1.54, 1.807) is 14.2 Å². The second kappa shape index (κ2) is 5.35. The number of aromatic nitrogens is 2. The molecule has 0 saturated carbocycles. The molecule has 7 nitrogen and oxygen atoms in total. The maximum absolute atomic E-state index is 11.3. The lowest BCUT2D eigenvalue weighted by atomic mass is 10.2. The topological polar surface area (TPSA) is 71.4 Å². The van der Waals surface area contributed by atoms with Gasteiger partial charge in [0, 0.05) is 25.3 Å². The minimum Gasteiger partial charge on any atom is -0.497 e. The summed E-state index contributed by atoms with van der Waals surface area (Å²) in [7, 11) is 3.22. The third-order valence-electron chi connectivity index (χ3n) is 3.42. The van der Waals surface area contributed by atoms with Gasteiger partial charge in [-0.15, -0.1) is 0 Å². The number of benzene rings is 1. The Morgan fingerprint density at radius 2 is 2.05 bits per heavy atom. The van der Waals surface area contributed by atoms with Crippen LogP contribution in [0.1, 0.15) is 0 Å². The Labute approximate surface area is 122 Å². The molecule has 2 amide bonds. The molecular weight excluding hydrogens is 270 g/mol. The van der Waals surface area contributed by atoms with Gasteiger partial charge in [0.25, 0.3) is 0 Å². The highest BCUT2D eigenvalue weighted by Crippen LogP contribution is 2.32. The first-order valence-corrected chi connectivity index (χ1v) is 6.69. The predicted octanol–water partition coefficient (Wildman–Crippen LogP) is 1.79. The molecule has 0 saturated heterocycles. The van der Waals surface area contributed by atoms with Crippen LogP contribution in [0, 0.1) is 0 Å². The zero-order valence-corrected chi connectivity index (χ0v) is 12.0. The molecule has 21 heavy (non-hydrogen) atoms. The number of amides is 2. The normalized spacial score (nSPS) is 13.0. The minimum atomic E-state index is -0.275. The molecule has 3 rings (SSSR count). The number of methoxy groups -OCH3 is 1. The SMILES string of the molecule is CNC(=O)Nc1cc2n(n1)CCN2c1ccc(OC)cc1. The summed E-state index contributed by atoms with van der Waals surface area (Å²) in [4.78, 5) is 13.5. The lowest BCUT2D eigenvalue weighted by Crippen LogP contribution is -2.24. The van der Waals surface area contributed by atoms with E-state index in [0.29, 0.717) is 5.82 Å². The largest absolute Gasteiger partial charge is 0.497 e. The summed E-state index contributed by atoms with van der Waals surface area (Å²) in [6.45, 7) is 1.64. The highest BCUT2D eigenvalue weighted by Gasteiger charge is 2.23. The molecule has 1 aliphatic rings. The predicted molar refractivity (Wildman–Crippen MR) is 80.3 cm³/mol. The first-order valence-electron chi connectivity index (χ1n) is 6.69. The van der Waals surface area contributed by atoms with Crippen molar-refractivity contribution in [3.05, 3.63) is 30.3 Å². The molecule has 2 N–H and O–H groups in total. The van der Waals surface area contributed by atoms with Crippen LogP contribution < -0.4 is 20.3 Å². The number of ether oxygens (including phenoxy) is 1. The van der Waals surface area contributed by atoms with E-state index in [9.17, 15) is 4.79 Å². The zero-order chi connectivity index (χ0) is 14.8. The van der Waals surface area contributed by atoms with E-state index in [0.717, 1.165) is 30.3 Å². The van der Waals surface area contributed by atoms with Crippen molar-refractivity contribution >= 4 is 23.4 Å². The van der Waals surface area contributed by atoms with Crippen LogP contribution in [0.2, 0.25) is 0 Å². The van der Waals surface area contributed by atoms with E-state index < -0.39 is 0 Å². The second-order valence-electron chi connectivity index (χ2n) is 4.66. The fourth-order valence-electron chi connectivity index (χ4n) is 2.36. The quantitative estimate of drug-likeness (QED) is 0.903. The van der Waals surface area contributed by atoms with Crippen molar-refractivity contribution < 1.29 is 9.53 Å². The first kappa shape index (κ1) is 13.3. The van der Waals surface area contributed by atoms with E-state index in [4.69, 9.17) is 4.74 Å². The number of fused-ring (bicyclic) bond motifs is 1. The molecule has 0 unspecified atom stereocenters. The van der Waals surface area contributed by atoms with Crippen molar-refractivity contribution in [1.82, 2.24) is 15.1 Å². The Balaban J connectivity index is 1.83. The maximum atomic E-state index is 11.3. The number of urea groups is 1. The summed E-state index contributed by atoms with van der Waals surface area (Å²) in [5, 5.41) is 9.56. The van der Waals surface area contributed by atoms with Crippen molar-refractivity contribution in [2.45, 2.75) is 6.54 Å². The molecule has 0 spiro atoms. The van der Waals surface area contributed by atoms with Crippen LogP contribution in [0.25, 0.3) is 0 Å². The third kappa shape index (κ3) is 2.49. The fraction of sp³-hybridized carbons (Fsp3) is 0.286. The van der Waals surface area contributed by atoms with Gasteiger partial charge in [0.05, 0.1) is 13.7 Å². The lowest BCUT2D eigenvalue weighted by Gasteiger charge is -2.17. The number of nitrogens with zero attached hydrogens (tertiary/aromatic N) is 3. The van der Waals surface area contributed by atoms with Crippen molar-refractivity contribution in [1.29, 1.82) is 0 Å². The number of anilines is 3. The Morgan fingerprint density at radius 3 is 2.71 bits per heavy atom. The monoisotopic (exact) mass is 287 g/mol. The highest BCUT2D eigenvalue weighted by molar-refractivity contribution is 5.88. The summed E-state index contributed by atoms with van der Waals surface area (Å²) < 4.78 is 7.06. The van der Waals surface area contributed by atoms with Gasteiger partial charge in [0.15, 0.2) is 5.82 Å². The average molecular weight is 287 g/mol.